The van der Waals surface area contributed by atoms with E-state index < -0.39 is 0 Å². The lowest BCUT2D eigenvalue weighted by Crippen LogP contribution is -2.37. The number of hydrogen-bond acceptors (Lipinski definition) is 1. The Kier molecular flexibility index (Phi) is 2.14. The lowest BCUT2D eigenvalue weighted by atomic mass is 9.81. The van der Waals surface area contributed by atoms with Crippen molar-refractivity contribution >= 4 is 5.69 Å². The van der Waals surface area contributed by atoms with Crippen molar-refractivity contribution in [2.45, 2.75) is 39.2 Å². The summed E-state index contributed by atoms with van der Waals surface area (Å²) < 4.78 is 0. The molecule has 0 aliphatic carbocycles. The molecule has 1 atom stereocenters. The monoisotopic (exact) mass is 201 g/mol. The molecular formula is C14H19N. The Balaban J connectivity index is 2.62. The SMILES string of the molecule is C=C(C)N1c2ccccc2C(C)(C)C1C. The Morgan fingerprint density at radius 2 is 1.93 bits per heavy atom. The minimum atomic E-state index is 0.204. The highest BCUT2D eigenvalue weighted by Gasteiger charge is 2.41. The average molecular weight is 201 g/mol. The summed E-state index contributed by atoms with van der Waals surface area (Å²) in [5, 5.41) is 0. The second kappa shape index (κ2) is 3.13. The number of rotatable bonds is 1. The minimum Gasteiger partial charge on any atom is -0.342 e. The van der Waals surface area contributed by atoms with Crippen LogP contribution in [-0.2, 0) is 5.41 Å². The Labute approximate surface area is 92.4 Å². The van der Waals surface area contributed by atoms with Gasteiger partial charge in [-0.05, 0) is 25.5 Å². The van der Waals surface area contributed by atoms with E-state index in [2.05, 4.69) is 63.4 Å². The molecule has 0 radical (unpaired) electrons. The molecule has 2 rings (SSSR count). The van der Waals surface area contributed by atoms with Gasteiger partial charge in [0.2, 0.25) is 0 Å². The molecule has 0 bridgehead atoms. The molecule has 1 aromatic carbocycles. The van der Waals surface area contributed by atoms with Crippen LogP contribution in [0.2, 0.25) is 0 Å². The maximum Gasteiger partial charge on any atom is 0.0449 e. The van der Waals surface area contributed by atoms with Crippen LogP contribution in [0.3, 0.4) is 0 Å². The van der Waals surface area contributed by atoms with Crippen LogP contribution in [0.15, 0.2) is 36.5 Å². The van der Waals surface area contributed by atoms with Gasteiger partial charge in [-0.25, -0.2) is 0 Å². The molecule has 1 aromatic rings. The van der Waals surface area contributed by atoms with Crippen molar-refractivity contribution in [3.63, 3.8) is 0 Å². The highest BCUT2D eigenvalue weighted by atomic mass is 15.2. The van der Waals surface area contributed by atoms with Crippen LogP contribution in [0.1, 0.15) is 33.3 Å². The molecule has 0 saturated heterocycles. The van der Waals surface area contributed by atoms with Gasteiger partial charge in [0.15, 0.2) is 0 Å². The molecular weight excluding hydrogens is 182 g/mol. The van der Waals surface area contributed by atoms with Crippen LogP contribution in [0.25, 0.3) is 0 Å². The van der Waals surface area contributed by atoms with Crippen molar-refractivity contribution in [3.05, 3.63) is 42.1 Å². The van der Waals surface area contributed by atoms with Gasteiger partial charge in [-0.2, -0.15) is 0 Å². The van der Waals surface area contributed by atoms with E-state index >= 15 is 0 Å². The first-order valence-corrected chi connectivity index (χ1v) is 5.50. The summed E-state index contributed by atoms with van der Waals surface area (Å²) in [5.41, 5.74) is 4.08. The topological polar surface area (TPSA) is 3.24 Å². The number of hydrogen-bond donors (Lipinski definition) is 0. The van der Waals surface area contributed by atoms with Crippen molar-refractivity contribution in [1.82, 2.24) is 0 Å². The highest BCUT2D eigenvalue weighted by molar-refractivity contribution is 5.66. The molecule has 80 valence electrons. The molecule has 1 unspecified atom stereocenters. The summed E-state index contributed by atoms with van der Waals surface area (Å²) in [7, 11) is 0. The Hall–Kier alpha value is -1.24. The van der Waals surface area contributed by atoms with E-state index in [1.165, 1.54) is 11.3 Å². The number of para-hydroxylation sites is 1. The molecule has 1 heteroatoms. The van der Waals surface area contributed by atoms with Gasteiger partial charge >= 0.3 is 0 Å². The van der Waals surface area contributed by atoms with Crippen LogP contribution in [0.5, 0.6) is 0 Å². The van der Waals surface area contributed by atoms with Crippen molar-refractivity contribution in [2.75, 3.05) is 4.90 Å². The standard InChI is InChI=1S/C14H19N/c1-10(2)15-11(3)14(4,5)12-8-6-7-9-13(12)15/h6-9,11H,1H2,2-5H3. The summed E-state index contributed by atoms with van der Waals surface area (Å²) in [5.74, 6) is 0. The molecule has 0 N–H and O–H groups in total. The molecule has 0 fully saturated rings. The molecule has 0 saturated carbocycles. The zero-order valence-corrected chi connectivity index (χ0v) is 10.0. The largest absolute Gasteiger partial charge is 0.342 e. The second-order valence-electron chi connectivity index (χ2n) is 5.02. The van der Waals surface area contributed by atoms with Crippen LogP contribution >= 0.6 is 0 Å². The summed E-state index contributed by atoms with van der Waals surface area (Å²) in [6.45, 7) is 13.0. The quantitative estimate of drug-likeness (QED) is 0.669. The third-order valence-corrected chi connectivity index (χ3v) is 3.70. The number of allylic oxidation sites excluding steroid dienone is 1. The van der Waals surface area contributed by atoms with Crippen LogP contribution in [0.4, 0.5) is 5.69 Å². The first-order valence-electron chi connectivity index (χ1n) is 5.50. The lowest BCUT2D eigenvalue weighted by Gasteiger charge is -2.31. The van der Waals surface area contributed by atoms with E-state index in [9.17, 15) is 0 Å². The summed E-state index contributed by atoms with van der Waals surface area (Å²) in [4.78, 5) is 2.34. The third kappa shape index (κ3) is 1.30. The fourth-order valence-corrected chi connectivity index (χ4v) is 2.52. The van der Waals surface area contributed by atoms with Crippen molar-refractivity contribution in [3.8, 4) is 0 Å². The van der Waals surface area contributed by atoms with E-state index in [4.69, 9.17) is 0 Å². The Morgan fingerprint density at radius 3 is 2.53 bits per heavy atom. The van der Waals surface area contributed by atoms with E-state index in [1.807, 2.05) is 0 Å². The van der Waals surface area contributed by atoms with Gasteiger partial charge in [-0.15, -0.1) is 0 Å². The summed E-state index contributed by atoms with van der Waals surface area (Å²) in [6.07, 6.45) is 0. The maximum atomic E-state index is 4.08. The molecule has 1 heterocycles. The maximum absolute atomic E-state index is 4.08. The van der Waals surface area contributed by atoms with Crippen LogP contribution < -0.4 is 4.90 Å². The fourth-order valence-electron chi connectivity index (χ4n) is 2.52. The van der Waals surface area contributed by atoms with Crippen molar-refractivity contribution in [2.24, 2.45) is 0 Å². The number of anilines is 1. The van der Waals surface area contributed by atoms with Crippen molar-refractivity contribution < 1.29 is 0 Å². The Bertz CT molecular complexity index is 404. The third-order valence-electron chi connectivity index (χ3n) is 3.70. The number of nitrogens with zero attached hydrogens (tertiary/aromatic N) is 1. The fraction of sp³-hybridized carbons (Fsp3) is 0.429. The van der Waals surface area contributed by atoms with Crippen LogP contribution in [0, 0.1) is 0 Å². The normalized spacial score (nSPS) is 22.7. The van der Waals surface area contributed by atoms with Gasteiger partial charge in [0.05, 0.1) is 0 Å². The summed E-state index contributed by atoms with van der Waals surface area (Å²) >= 11 is 0. The van der Waals surface area contributed by atoms with Gasteiger partial charge < -0.3 is 4.90 Å². The van der Waals surface area contributed by atoms with Crippen LogP contribution in [-0.4, -0.2) is 6.04 Å². The minimum absolute atomic E-state index is 0.204. The molecule has 0 amide bonds. The lowest BCUT2D eigenvalue weighted by molar-refractivity contribution is 0.455. The molecule has 15 heavy (non-hydrogen) atoms. The molecule has 1 aliphatic rings. The van der Waals surface area contributed by atoms with E-state index in [0.29, 0.717) is 6.04 Å². The zero-order chi connectivity index (χ0) is 11.2. The van der Waals surface area contributed by atoms with E-state index in [0.717, 1.165) is 5.70 Å². The molecule has 0 aromatic heterocycles. The van der Waals surface area contributed by atoms with E-state index in [-0.39, 0.29) is 5.41 Å². The summed E-state index contributed by atoms with van der Waals surface area (Å²) in [6, 6.07) is 9.12. The van der Waals surface area contributed by atoms with Gasteiger partial charge in [-0.1, -0.05) is 38.6 Å². The first kappa shape index (κ1) is 10.3. The second-order valence-corrected chi connectivity index (χ2v) is 5.02. The predicted molar refractivity (Wildman–Crippen MR) is 66.2 cm³/mol. The smallest absolute Gasteiger partial charge is 0.0449 e. The Morgan fingerprint density at radius 1 is 1.33 bits per heavy atom. The zero-order valence-electron chi connectivity index (χ0n) is 10.0. The number of fused-ring (bicyclic) bond motifs is 1. The molecule has 1 aliphatic heterocycles. The predicted octanol–water partition coefficient (Wildman–Crippen LogP) is 3.71. The first-order chi connectivity index (χ1) is 6.96. The van der Waals surface area contributed by atoms with Gasteiger partial charge in [0.1, 0.15) is 0 Å². The molecule has 1 nitrogen and oxygen atoms in total. The van der Waals surface area contributed by atoms with Gasteiger partial charge in [0, 0.05) is 22.8 Å². The van der Waals surface area contributed by atoms with Gasteiger partial charge in [0.25, 0.3) is 0 Å². The van der Waals surface area contributed by atoms with E-state index in [1.54, 1.807) is 0 Å². The van der Waals surface area contributed by atoms with Gasteiger partial charge in [-0.3, -0.25) is 0 Å². The average Bonchev–Trinajstić information content (AvgIpc) is 2.36. The highest BCUT2D eigenvalue weighted by Crippen LogP contribution is 2.46. The molecule has 0 spiro atoms. The van der Waals surface area contributed by atoms with Crippen molar-refractivity contribution in [1.29, 1.82) is 0 Å². The number of benzene rings is 1.